The molecule has 0 aromatic carbocycles. The third-order valence-electron chi connectivity index (χ3n) is 2.27. The van der Waals surface area contributed by atoms with Crippen molar-refractivity contribution in [2.24, 2.45) is 10.7 Å². The first-order chi connectivity index (χ1) is 8.20. The van der Waals surface area contributed by atoms with Crippen molar-refractivity contribution in [1.82, 2.24) is 5.32 Å². The summed E-state index contributed by atoms with van der Waals surface area (Å²) >= 11 is 0. The molecule has 0 spiro atoms. The van der Waals surface area contributed by atoms with E-state index in [4.69, 9.17) is 5.73 Å². The van der Waals surface area contributed by atoms with Gasteiger partial charge in [-0.3, -0.25) is 9.79 Å². The molecule has 0 radical (unpaired) electrons. The van der Waals surface area contributed by atoms with Crippen LogP contribution in [-0.2, 0) is 4.79 Å². The first-order valence-corrected chi connectivity index (χ1v) is 5.98. The molecule has 4 nitrogen and oxygen atoms in total. The highest BCUT2D eigenvalue weighted by Crippen LogP contribution is 1.99. The van der Waals surface area contributed by atoms with Gasteiger partial charge in [-0.2, -0.15) is 0 Å². The molecule has 0 bridgehead atoms. The van der Waals surface area contributed by atoms with E-state index in [1.807, 2.05) is 25.2 Å². The summed E-state index contributed by atoms with van der Waals surface area (Å²) in [4.78, 5) is 14.4. The number of unbranched alkanes of at least 4 members (excludes halogenated alkanes) is 2. The lowest BCUT2D eigenvalue weighted by atomic mass is 10.2. The lowest BCUT2D eigenvalue weighted by Gasteiger charge is -2.04. The van der Waals surface area contributed by atoms with E-state index in [2.05, 4.69) is 17.0 Å². The summed E-state index contributed by atoms with van der Waals surface area (Å²) in [5.74, 6) is -0.217. The van der Waals surface area contributed by atoms with E-state index in [0.717, 1.165) is 38.0 Å². The van der Waals surface area contributed by atoms with Crippen molar-refractivity contribution in [3.8, 4) is 0 Å². The average molecular weight is 237 g/mol. The average Bonchev–Trinajstić information content (AvgIpc) is 2.31. The van der Waals surface area contributed by atoms with Crippen molar-refractivity contribution in [1.29, 1.82) is 0 Å². The van der Waals surface area contributed by atoms with Gasteiger partial charge in [0.2, 0.25) is 5.91 Å². The number of carbonyl (C=O) groups excluding carboxylic acids is 1. The third kappa shape index (κ3) is 10.9. The summed E-state index contributed by atoms with van der Waals surface area (Å²) in [6, 6.07) is 0. The number of nitrogens with one attached hydrogen (secondary N) is 1. The molecule has 1 amide bonds. The van der Waals surface area contributed by atoms with E-state index in [-0.39, 0.29) is 5.91 Å². The van der Waals surface area contributed by atoms with Gasteiger partial charge in [-0.15, -0.1) is 0 Å². The molecule has 0 atom stereocenters. The fourth-order valence-electron chi connectivity index (χ4n) is 1.32. The molecule has 0 aromatic rings. The van der Waals surface area contributed by atoms with E-state index in [1.54, 1.807) is 0 Å². The number of hydrogen-bond donors (Lipinski definition) is 2. The minimum atomic E-state index is -0.217. The Balaban J connectivity index is 3.49. The molecule has 0 heterocycles. The van der Waals surface area contributed by atoms with Crippen molar-refractivity contribution in [2.45, 2.75) is 32.6 Å². The summed E-state index contributed by atoms with van der Waals surface area (Å²) < 4.78 is 0. The Morgan fingerprint density at radius 2 is 2.18 bits per heavy atom. The maximum Gasteiger partial charge on any atom is 0.217 e. The largest absolute Gasteiger partial charge is 0.370 e. The van der Waals surface area contributed by atoms with E-state index in [1.165, 1.54) is 0 Å². The van der Waals surface area contributed by atoms with E-state index in [0.29, 0.717) is 6.42 Å². The Morgan fingerprint density at radius 1 is 1.41 bits per heavy atom. The van der Waals surface area contributed by atoms with Crippen LogP contribution < -0.4 is 11.1 Å². The number of nitrogens with two attached hydrogens (primary N) is 1. The Hall–Kier alpha value is -1.42. The standard InChI is InChI=1S/C13H23N3O/c1-3-4-8-12(15-2)11-16-10-7-5-6-9-13(14)17/h3-4,8,16H,2,5-7,9-11H2,1H3,(H2,14,17)/b4-3-,12-8-. The summed E-state index contributed by atoms with van der Waals surface area (Å²) in [6.45, 7) is 7.12. The van der Waals surface area contributed by atoms with Crippen LogP contribution in [0.2, 0.25) is 0 Å². The maximum absolute atomic E-state index is 10.5. The van der Waals surface area contributed by atoms with Crippen molar-refractivity contribution in [2.75, 3.05) is 13.1 Å². The van der Waals surface area contributed by atoms with E-state index >= 15 is 0 Å². The minimum Gasteiger partial charge on any atom is -0.370 e. The molecule has 4 heteroatoms. The van der Waals surface area contributed by atoms with Gasteiger partial charge in [0.05, 0.1) is 5.70 Å². The monoisotopic (exact) mass is 237 g/mol. The number of amides is 1. The fraction of sp³-hybridized carbons (Fsp3) is 0.538. The SMILES string of the molecule is C=N/C(=C\C=C/C)CNCCCCCC(N)=O. The number of nitrogens with zero attached hydrogens (tertiary/aromatic N) is 1. The van der Waals surface area contributed by atoms with Crippen LogP contribution in [0.15, 0.2) is 28.9 Å². The second-order valence-electron chi connectivity index (χ2n) is 3.80. The van der Waals surface area contributed by atoms with Gasteiger partial charge < -0.3 is 11.1 Å². The van der Waals surface area contributed by atoms with Crippen molar-refractivity contribution in [3.63, 3.8) is 0 Å². The summed E-state index contributed by atoms with van der Waals surface area (Å²) in [5.41, 5.74) is 5.98. The zero-order valence-electron chi connectivity index (χ0n) is 10.6. The third-order valence-corrected chi connectivity index (χ3v) is 2.27. The molecule has 0 aromatic heterocycles. The van der Waals surface area contributed by atoms with Gasteiger partial charge in [0.15, 0.2) is 0 Å². The van der Waals surface area contributed by atoms with Crippen LogP contribution in [0.3, 0.4) is 0 Å². The highest BCUT2D eigenvalue weighted by molar-refractivity contribution is 5.73. The number of allylic oxidation sites excluding steroid dienone is 3. The predicted octanol–water partition coefficient (Wildman–Crippen LogP) is 1.78. The van der Waals surface area contributed by atoms with Crippen LogP contribution in [0.5, 0.6) is 0 Å². The smallest absolute Gasteiger partial charge is 0.217 e. The number of rotatable bonds is 10. The molecule has 96 valence electrons. The van der Waals surface area contributed by atoms with Gasteiger partial charge in [0, 0.05) is 13.0 Å². The minimum absolute atomic E-state index is 0.217. The zero-order chi connectivity index (χ0) is 12.9. The molecule has 0 fully saturated rings. The quantitative estimate of drug-likeness (QED) is 0.345. The number of carbonyl (C=O) groups is 1. The normalized spacial score (nSPS) is 11.9. The van der Waals surface area contributed by atoms with Crippen LogP contribution in [0, 0.1) is 0 Å². The van der Waals surface area contributed by atoms with E-state index < -0.39 is 0 Å². The lowest BCUT2D eigenvalue weighted by Crippen LogP contribution is -2.18. The summed E-state index contributed by atoms with van der Waals surface area (Å²) in [6.07, 6.45) is 9.26. The first-order valence-electron chi connectivity index (χ1n) is 5.98. The highest BCUT2D eigenvalue weighted by Gasteiger charge is 1.95. The number of aliphatic imine (C=N–C) groups is 1. The van der Waals surface area contributed by atoms with Crippen LogP contribution >= 0.6 is 0 Å². The Labute approximate surface area is 104 Å². The van der Waals surface area contributed by atoms with Gasteiger partial charge in [0.25, 0.3) is 0 Å². The second-order valence-corrected chi connectivity index (χ2v) is 3.80. The summed E-state index contributed by atoms with van der Waals surface area (Å²) in [7, 11) is 0. The molecule has 3 N–H and O–H groups in total. The van der Waals surface area contributed by atoms with Crippen LogP contribution in [0.1, 0.15) is 32.6 Å². The highest BCUT2D eigenvalue weighted by atomic mass is 16.1. The topological polar surface area (TPSA) is 67.5 Å². The number of primary amides is 1. The molecule has 0 saturated carbocycles. The molecule has 0 aliphatic rings. The predicted molar refractivity (Wildman–Crippen MR) is 73.0 cm³/mol. The zero-order valence-corrected chi connectivity index (χ0v) is 10.6. The Kier molecular flexibility index (Phi) is 10.2. The van der Waals surface area contributed by atoms with Crippen LogP contribution in [0.4, 0.5) is 0 Å². The summed E-state index contributed by atoms with van der Waals surface area (Å²) in [5, 5.41) is 3.28. The van der Waals surface area contributed by atoms with Crippen molar-refractivity contribution in [3.05, 3.63) is 23.9 Å². The molecule has 17 heavy (non-hydrogen) atoms. The maximum atomic E-state index is 10.5. The van der Waals surface area contributed by atoms with E-state index in [9.17, 15) is 4.79 Å². The van der Waals surface area contributed by atoms with Gasteiger partial charge in [-0.25, -0.2) is 0 Å². The molecular formula is C13H23N3O. The Bertz CT molecular complexity index is 282. The molecule has 0 saturated heterocycles. The molecule has 0 aliphatic heterocycles. The van der Waals surface area contributed by atoms with Crippen LogP contribution in [0.25, 0.3) is 0 Å². The van der Waals surface area contributed by atoms with Crippen LogP contribution in [-0.4, -0.2) is 25.7 Å². The van der Waals surface area contributed by atoms with Crippen molar-refractivity contribution >= 4 is 12.6 Å². The fourth-order valence-corrected chi connectivity index (χ4v) is 1.32. The molecule has 0 aliphatic carbocycles. The number of hydrogen-bond acceptors (Lipinski definition) is 3. The van der Waals surface area contributed by atoms with Gasteiger partial charge in [0.1, 0.15) is 0 Å². The van der Waals surface area contributed by atoms with Gasteiger partial charge in [-0.05, 0) is 39.1 Å². The molecule has 0 unspecified atom stereocenters. The van der Waals surface area contributed by atoms with Gasteiger partial charge >= 0.3 is 0 Å². The first kappa shape index (κ1) is 15.6. The van der Waals surface area contributed by atoms with Crippen molar-refractivity contribution < 1.29 is 4.79 Å². The second kappa shape index (κ2) is 11.1. The molecule has 0 rings (SSSR count). The molecular weight excluding hydrogens is 214 g/mol. The van der Waals surface area contributed by atoms with Gasteiger partial charge in [-0.1, -0.05) is 18.6 Å². The Morgan fingerprint density at radius 3 is 2.76 bits per heavy atom. The lowest BCUT2D eigenvalue weighted by molar-refractivity contribution is -0.118.